The molecular formula is C11H22N2O2. The average Bonchev–Trinajstić information content (AvgIpc) is 2.95. The molecular weight excluding hydrogens is 192 g/mol. The van der Waals surface area contributed by atoms with Crippen molar-refractivity contribution >= 4 is 5.91 Å². The lowest BCUT2D eigenvalue weighted by Gasteiger charge is -2.14. The fourth-order valence-corrected chi connectivity index (χ4v) is 1.77. The van der Waals surface area contributed by atoms with Crippen molar-refractivity contribution < 1.29 is 9.90 Å². The van der Waals surface area contributed by atoms with Crippen molar-refractivity contribution in [3.05, 3.63) is 0 Å². The fraction of sp³-hybridized carbons (Fsp3) is 0.909. The van der Waals surface area contributed by atoms with Crippen LogP contribution in [-0.4, -0.2) is 37.3 Å². The normalized spacial score (nSPS) is 17.5. The van der Waals surface area contributed by atoms with Crippen LogP contribution in [0, 0.1) is 5.41 Å². The van der Waals surface area contributed by atoms with E-state index in [2.05, 4.69) is 10.6 Å². The van der Waals surface area contributed by atoms with E-state index in [1.165, 1.54) is 12.8 Å². The van der Waals surface area contributed by atoms with Crippen molar-refractivity contribution in [3.63, 3.8) is 0 Å². The van der Waals surface area contributed by atoms with Gasteiger partial charge in [-0.2, -0.15) is 0 Å². The summed E-state index contributed by atoms with van der Waals surface area (Å²) in [5, 5.41) is 14.9. The summed E-state index contributed by atoms with van der Waals surface area (Å²) in [6, 6.07) is 0. The molecule has 0 aromatic carbocycles. The first-order chi connectivity index (χ1) is 7.22. The van der Waals surface area contributed by atoms with Crippen LogP contribution in [0.5, 0.6) is 0 Å². The fourth-order valence-electron chi connectivity index (χ4n) is 1.77. The minimum absolute atomic E-state index is 0.108. The maximum absolute atomic E-state index is 11.1. The summed E-state index contributed by atoms with van der Waals surface area (Å²) in [6.07, 6.45) is 3.85. The molecule has 15 heavy (non-hydrogen) atoms. The van der Waals surface area contributed by atoms with Crippen molar-refractivity contribution in [1.82, 2.24) is 10.6 Å². The molecule has 0 aromatic rings. The lowest BCUT2D eigenvalue weighted by molar-refractivity contribution is -0.120. The molecule has 1 saturated carbocycles. The Kier molecular flexibility index (Phi) is 5.05. The number of hydrogen-bond donors (Lipinski definition) is 3. The molecule has 1 fully saturated rings. The summed E-state index contributed by atoms with van der Waals surface area (Å²) in [5.41, 5.74) is 0.343. The Morgan fingerprint density at radius 1 is 1.47 bits per heavy atom. The first-order valence-corrected chi connectivity index (χ1v) is 5.81. The van der Waals surface area contributed by atoms with E-state index < -0.39 is 0 Å². The van der Waals surface area contributed by atoms with Crippen LogP contribution in [0.15, 0.2) is 0 Å². The van der Waals surface area contributed by atoms with Gasteiger partial charge in [0.25, 0.3) is 0 Å². The summed E-state index contributed by atoms with van der Waals surface area (Å²) in [5.74, 6) is 0.108. The van der Waals surface area contributed by atoms with Gasteiger partial charge in [-0.3, -0.25) is 4.79 Å². The number of aliphatic hydroxyl groups excluding tert-OH is 1. The molecule has 0 aliphatic heterocycles. The molecule has 88 valence electrons. The van der Waals surface area contributed by atoms with Crippen molar-refractivity contribution in [2.75, 3.05) is 26.2 Å². The summed E-state index contributed by atoms with van der Waals surface area (Å²) in [4.78, 5) is 11.1. The molecule has 4 heteroatoms. The van der Waals surface area contributed by atoms with Crippen LogP contribution < -0.4 is 10.6 Å². The zero-order chi connectivity index (χ0) is 11.1. The molecule has 1 aliphatic rings. The van der Waals surface area contributed by atoms with Gasteiger partial charge in [-0.1, -0.05) is 0 Å². The van der Waals surface area contributed by atoms with Gasteiger partial charge in [0.2, 0.25) is 5.91 Å². The highest BCUT2D eigenvalue weighted by atomic mass is 16.3. The van der Waals surface area contributed by atoms with E-state index in [1.54, 1.807) is 0 Å². The number of carbonyl (C=O) groups excluding carboxylic acids is 1. The largest absolute Gasteiger partial charge is 0.396 e. The molecule has 1 rings (SSSR count). The third kappa shape index (κ3) is 4.62. The highest BCUT2D eigenvalue weighted by Crippen LogP contribution is 2.47. The quantitative estimate of drug-likeness (QED) is 0.508. The van der Waals surface area contributed by atoms with Crippen LogP contribution in [0.2, 0.25) is 0 Å². The van der Waals surface area contributed by atoms with Crippen LogP contribution in [0.4, 0.5) is 0 Å². The predicted molar refractivity (Wildman–Crippen MR) is 59.5 cm³/mol. The summed E-state index contributed by atoms with van der Waals surface area (Å²) in [7, 11) is 0. The topological polar surface area (TPSA) is 61.4 Å². The molecule has 4 nitrogen and oxygen atoms in total. The zero-order valence-corrected chi connectivity index (χ0v) is 9.51. The predicted octanol–water partition coefficient (Wildman–Crippen LogP) is 0.265. The number of aliphatic hydroxyl groups is 1. The Morgan fingerprint density at radius 3 is 2.73 bits per heavy atom. The monoisotopic (exact) mass is 214 g/mol. The lowest BCUT2D eigenvalue weighted by Crippen LogP contribution is -2.30. The molecule has 0 atom stereocenters. The van der Waals surface area contributed by atoms with Gasteiger partial charge in [0.15, 0.2) is 0 Å². The standard InChI is InChI=1S/C11H22N2O2/c1-2-13-10(15)3-7-12-9-11(4-5-11)6-8-14/h12,14H,2-9H2,1H3,(H,13,15). The third-order valence-corrected chi connectivity index (χ3v) is 3.00. The molecule has 0 bridgehead atoms. The van der Waals surface area contributed by atoms with Crippen LogP contribution in [0.3, 0.4) is 0 Å². The maximum Gasteiger partial charge on any atom is 0.221 e. The molecule has 1 amide bonds. The molecule has 0 saturated heterocycles. The van der Waals surface area contributed by atoms with Crippen molar-refractivity contribution in [2.24, 2.45) is 5.41 Å². The highest BCUT2D eigenvalue weighted by Gasteiger charge is 2.41. The van der Waals surface area contributed by atoms with Crippen molar-refractivity contribution in [2.45, 2.75) is 32.6 Å². The van der Waals surface area contributed by atoms with Crippen molar-refractivity contribution in [3.8, 4) is 0 Å². The smallest absolute Gasteiger partial charge is 0.221 e. The molecule has 0 unspecified atom stereocenters. The van der Waals surface area contributed by atoms with Crippen LogP contribution in [-0.2, 0) is 4.79 Å². The van der Waals surface area contributed by atoms with E-state index in [4.69, 9.17) is 5.11 Å². The number of nitrogens with one attached hydrogen (secondary N) is 2. The number of carbonyl (C=O) groups is 1. The van der Waals surface area contributed by atoms with Gasteiger partial charge in [0.05, 0.1) is 0 Å². The molecule has 1 aliphatic carbocycles. The number of rotatable bonds is 8. The van der Waals surface area contributed by atoms with Gasteiger partial charge in [0.1, 0.15) is 0 Å². The minimum Gasteiger partial charge on any atom is -0.396 e. The Balaban J connectivity index is 1.99. The lowest BCUT2D eigenvalue weighted by atomic mass is 10.0. The van der Waals surface area contributed by atoms with E-state index in [-0.39, 0.29) is 12.5 Å². The Bertz CT molecular complexity index is 203. The van der Waals surface area contributed by atoms with E-state index >= 15 is 0 Å². The molecule has 0 heterocycles. The van der Waals surface area contributed by atoms with Gasteiger partial charge in [0, 0.05) is 32.7 Å². The molecule has 0 aromatic heterocycles. The van der Waals surface area contributed by atoms with Gasteiger partial charge >= 0.3 is 0 Å². The summed E-state index contributed by atoms with van der Waals surface area (Å²) in [6.45, 7) is 4.57. The van der Waals surface area contributed by atoms with Crippen LogP contribution in [0.25, 0.3) is 0 Å². The maximum atomic E-state index is 11.1. The van der Waals surface area contributed by atoms with Gasteiger partial charge in [-0.05, 0) is 31.6 Å². The molecule has 0 spiro atoms. The van der Waals surface area contributed by atoms with Crippen LogP contribution in [0.1, 0.15) is 32.6 Å². The number of amides is 1. The second kappa shape index (κ2) is 6.08. The first-order valence-electron chi connectivity index (χ1n) is 5.81. The molecule has 0 radical (unpaired) electrons. The summed E-state index contributed by atoms with van der Waals surface area (Å²) >= 11 is 0. The summed E-state index contributed by atoms with van der Waals surface area (Å²) < 4.78 is 0. The van der Waals surface area contributed by atoms with E-state index in [0.717, 1.165) is 19.5 Å². The third-order valence-electron chi connectivity index (χ3n) is 3.00. The Hall–Kier alpha value is -0.610. The van der Waals surface area contributed by atoms with Gasteiger partial charge < -0.3 is 15.7 Å². The van der Waals surface area contributed by atoms with E-state index in [0.29, 0.717) is 18.4 Å². The number of hydrogen-bond acceptors (Lipinski definition) is 3. The zero-order valence-electron chi connectivity index (χ0n) is 9.51. The second-order valence-electron chi connectivity index (χ2n) is 4.35. The van der Waals surface area contributed by atoms with Gasteiger partial charge in [-0.15, -0.1) is 0 Å². The van der Waals surface area contributed by atoms with Crippen LogP contribution >= 0.6 is 0 Å². The molecule has 3 N–H and O–H groups in total. The second-order valence-corrected chi connectivity index (χ2v) is 4.35. The average molecular weight is 214 g/mol. The van der Waals surface area contributed by atoms with Crippen molar-refractivity contribution in [1.29, 1.82) is 0 Å². The first kappa shape index (κ1) is 12.5. The van der Waals surface area contributed by atoms with E-state index in [9.17, 15) is 4.79 Å². The van der Waals surface area contributed by atoms with E-state index in [1.807, 2.05) is 6.92 Å². The Morgan fingerprint density at radius 2 is 2.20 bits per heavy atom. The minimum atomic E-state index is 0.108. The van der Waals surface area contributed by atoms with Gasteiger partial charge in [-0.25, -0.2) is 0 Å². The SMILES string of the molecule is CCNC(=O)CCNCC1(CCO)CC1. The highest BCUT2D eigenvalue weighted by molar-refractivity contribution is 5.75. The Labute approximate surface area is 91.4 Å².